The van der Waals surface area contributed by atoms with Crippen LogP contribution in [0.1, 0.15) is 66.7 Å². The average molecular weight is 511 g/mol. The van der Waals surface area contributed by atoms with E-state index in [2.05, 4.69) is 50.9 Å². The molecule has 0 bridgehead atoms. The van der Waals surface area contributed by atoms with Gasteiger partial charge in [-0.05, 0) is 50.5 Å². The number of nitrogens with zero attached hydrogens (tertiary/aromatic N) is 6. The van der Waals surface area contributed by atoms with Gasteiger partial charge in [-0.3, -0.25) is 14.6 Å². The molecule has 1 aromatic carbocycles. The van der Waals surface area contributed by atoms with Crippen LogP contribution >= 0.6 is 0 Å². The van der Waals surface area contributed by atoms with Gasteiger partial charge in [0.25, 0.3) is 11.8 Å². The molecule has 4 heterocycles. The van der Waals surface area contributed by atoms with E-state index in [-0.39, 0.29) is 17.2 Å². The fraction of sp³-hybridized carbons (Fsp3) is 0.367. The minimum Gasteiger partial charge on any atom is -0.333 e. The van der Waals surface area contributed by atoms with Crippen LogP contribution in [-0.2, 0) is 5.41 Å². The summed E-state index contributed by atoms with van der Waals surface area (Å²) in [4.78, 5) is 39.4. The fourth-order valence-electron chi connectivity index (χ4n) is 5.07. The molecule has 0 spiro atoms. The summed E-state index contributed by atoms with van der Waals surface area (Å²) >= 11 is 0. The van der Waals surface area contributed by atoms with Crippen LogP contribution in [0.25, 0.3) is 16.9 Å². The molecule has 0 aliphatic carbocycles. The van der Waals surface area contributed by atoms with E-state index < -0.39 is 5.54 Å². The third kappa shape index (κ3) is 4.78. The molecule has 1 saturated heterocycles. The zero-order valence-corrected chi connectivity index (χ0v) is 22.9. The van der Waals surface area contributed by atoms with Crippen molar-refractivity contribution in [3.63, 3.8) is 0 Å². The number of fused-ring (bicyclic) bond motifs is 1. The minimum absolute atomic E-state index is 0.124. The van der Waals surface area contributed by atoms with Crippen molar-refractivity contribution >= 4 is 17.5 Å². The molecule has 8 nitrogen and oxygen atoms in total. The maximum Gasteiger partial charge on any atom is 0.274 e. The van der Waals surface area contributed by atoms with E-state index in [1.165, 1.54) is 0 Å². The Labute approximate surface area is 223 Å². The van der Waals surface area contributed by atoms with E-state index in [0.29, 0.717) is 36.7 Å². The molecule has 0 radical (unpaired) electrons. The van der Waals surface area contributed by atoms with Crippen LogP contribution in [0.5, 0.6) is 0 Å². The normalized spacial score (nSPS) is 15.6. The second kappa shape index (κ2) is 9.35. The first-order valence-corrected chi connectivity index (χ1v) is 12.9. The third-order valence-corrected chi connectivity index (χ3v) is 7.08. The molecule has 1 fully saturated rings. The predicted molar refractivity (Wildman–Crippen MR) is 147 cm³/mol. The Morgan fingerprint density at radius 1 is 0.947 bits per heavy atom. The van der Waals surface area contributed by atoms with Crippen molar-refractivity contribution < 1.29 is 9.59 Å². The Balaban J connectivity index is 1.47. The number of amides is 2. The summed E-state index contributed by atoms with van der Waals surface area (Å²) in [5, 5.41) is 4.84. The number of rotatable bonds is 3. The number of piperazine rings is 1. The lowest BCUT2D eigenvalue weighted by atomic mass is 9.87. The van der Waals surface area contributed by atoms with Gasteiger partial charge in [0.15, 0.2) is 5.65 Å². The van der Waals surface area contributed by atoms with Gasteiger partial charge in [-0.1, -0.05) is 50.6 Å². The van der Waals surface area contributed by atoms with Crippen molar-refractivity contribution in [2.24, 2.45) is 0 Å². The molecular weight excluding hydrogens is 476 g/mol. The van der Waals surface area contributed by atoms with Crippen molar-refractivity contribution in [2.75, 3.05) is 19.6 Å². The fourth-order valence-corrected chi connectivity index (χ4v) is 5.07. The van der Waals surface area contributed by atoms with Crippen LogP contribution in [-0.4, -0.2) is 66.4 Å². The zero-order chi connectivity index (χ0) is 27.2. The maximum atomic E-state index is 13.8. The lowest BCUT2D eigenvalue weighted by Gasteiger charge is -2.46. The quantitative estimate of drug-likeness (QED) is 0.396. The van der Waals surface area contributed by atoms with Crippen LogP contribution in [0.2, 0.25) is 0 Å². The molecule has 2 amide bonds. The SMILES string of the molecule is Cc1cccc(-c2cc(C(C)(C)C)c3nc(C(=O)N4CCN(C(=O)c5ccccn5)CC4(C)C)cn3n2)c1. The molecule has 1 aliphatic rings. The van der Waals surface area contributed by atoms with E-state index >= 15 is 0 Å². The van der Waals surface area contributed by atoms with Gasteiger partial charge in [0.05, 0.1) is 17.4 Å². The average Bonchev–Trinajstić information content (AvgIpc) is 3.31. The number of pyridine rings is 1. The first-order chi connectivity index (χ1) is 17.9. The summed E-state index contributed by atoms with van der Waals surface area (Å²) in [5.41, 5.74) is 4.69. The summed E-state index contributed by atoms with van der Waals surface area (Å²) in [7, 11) is 0. The topological polar surface area (TPSA) is 83.7 Å². The Hall–Kier alpha value is -4.07. The maximum absolute atomic E-state index is 13.8. The van der Waals surface area contributed by atoms with E-state index in [1.807, 2.05) is 30.9 Å². The highest BCUT2D eigenvalue weighted by Gasteiger charge is 2.40. The standard InChI is InChI=1S/C30H34N6O2/c1-20-10-9-11-21(16-20)24-17-22(29(2,3)4)26-32-25(18-36(26)33-24)28(38)35-15-14-34(19-30(35,5)6)27(37)23-12-7-8-13-31-23/h7-13,16-18H,14-15,19H2,1-6H3. The first kappa shape index (κ1) is 25.6. The lowest BCUT2D eigenvalue weighted by molar-refractivity contribution is 0.0163. The highest BCUT2D eigenvalue weighted by molar-refractivity contribution is 5.95. The highest BCUT2D eigenvalue weighted by atomic mass is 16.2. The van der Waals surface area contributed by atoms with Crippen molar-refractivity contribution in [1.29, 1.82) is 0 Å². The molecule has 4 aromatic rings. The van der Waals surface area contributed by atoms with Gasteiger partial charge in [-0.2, -0.15) is 5.10 Å². The highest BCUT2D eigenvalue weighted by Crippen LogP contribution is 2.31. The molecular formula is C30H34N6O2. The van der Waals surface area contributed by atoms with Crippen LogP contribution in [0.3, 0.4) is 0 Å². The zero-order valence-electron chi connectivity index (χ0n) is 22.9. The van der Waals surface area contributed by atoms with Crippen LogP contribution in [0.4, 0.5) is 0 Å². The Kier molecular flexibility index (Phi) is 6.29. The van der Waals surface area contributed by atoms with Crippen molar-refractivity contribution in [3.8, 4) is 11.3 Å². The first-order valence-electron chi connectivity index (χ1n) is 12.9. The molecule has 0 N–H and O–H groups in total. The van der Waals surface area contributed by atoms with Gasteiger partial charge < -0.3 is 9.80 Å². The Bertz CT molecular complexity index is 1520. The van der Waals surface area contributed by atoms with Crippen molar-refractivity contribution in [1.82, 2.24) is 29.4 Å². The predicted octanol–water partition coefficient (Wildman–Crippen LogP) is 4.77. The number of hydrogen-bond donors (Lipinski definition) is 0. The lowest BCUT2D eigenvalue weighted by Crippen LogP contribution is -2.62. The summed E-state index contributed by atoms with van der Waals surface area (Å²) < 4.78 is 1.74. The molecule has 5 rings (SSSR count). The Morgan fingerprint density at radius 3 is 2.39 bits per heavy atom. The number of hydrogen-bond acceptors (Lipinski definition) is 5. The Morgan fingerprint density at radius 2 is 1.74 bits per heavy atom. The summed E-state index contributed by atoms with van der Waals surface area (Å²) in [5.74, 6) is -0.288. The van der Waals surface area contributed by atoms with Gasteiger partial charge in [0.1, 0.15) is 11.4 Å². The van der Waals surface area contributed by atoms with E-state index in [4.69, 9.17) is 10.1 Å². The van der Waals surface area contributed by atoms with Crippen molar-refractivity contribution in [2.45, 2.75) is 52.5 Å². The molecule has 0 unspecified atom stereocenters. The van der Waals surface area contributed by atoms with Crippen LogP contribution < -0.4 is 0 Å². The molecule has 3 aromatic heterocycles. The van der Waals surface area contributed by atoms with E-state index in [0.717, 1.165) is 22.4 Å². The smallest absolute Gasteiger partial charge is 0.274 e. The van der Waals surface area contributed by atoms with Gasteiger partial charge in [-0.25, -0.2) is 9.50 Å². The number of carbonyl (C=O) groups is 2. The van der Waals surface area contributed by atoms with Crippen LogP contribution in [0.15, 0.2) is 60.9 Å². The van der Waals surface area contributed by atoms with Gasteiger partial charge in [0, 0.05) is 37.0 Å². The van der Waals surface area contributed by atoms with Gasteiger partial charge in [0.2, 0.25) is 0 Å². The van der Waals surface area contributed by atoms with Crippen molar-refractivity contribution in [3.05, 3.63) is 83.4 Å². The second-order valence-corrected chi connectivity index (χ2v) is 11.7. The summed E-state index contributed by atoms with van der Waals surface area (Å²) in [6.45, 7) is 13.7. The monoisotopic (exact) mass is 510 g/mol. The second-order valence-electron chi connectivity index (χ2n) is 11.7. The molecule has 38 heavy (non-hydrogen) atoms. The van der Waals surface area contributed by atoms with Crippen LogP contribution in [0, 0.1) is 6.92 Å². The molecule has 0 saturated carbocycles. The largest absolute Gasteiger partial charge is 0.333 e. The number of aryl methyl sites for hydroxylation is 1. The number of aromatic nitrogens is 4. The number of benzene rings is 1. The summed E-state index contributed by atoms with van der Waals surface area (Å²) in [6.07, 6.45) is 3.35. The summed E-state index contributed by atoms with van der Waals surface area (Å²) in [6, 6.07) is 15.6. The van der Waals surface area contributed by atoms with Gasteiger partial charge in [-0.15, -0.1) is 0 Å². The molecule has 8 heteroatoms. The number of carbonyl (C=O) groups excluding carboxylic acids is 2. The van der Waals surface area contributed by atoms with E-state index in [9.17, 15) is 9.59 Å². The molecule has 1 aliphatic heterocycles. The number of imidazole rings is 1. The minimum atomic E-state index is -0.581. The third-order valence-electron chi connectivity index (χ3n) is 7.08. The molecule has 0 atom stereocenters. The van der Waals surface area contributed by atoms with Gasteiger partial charge >= 0.3 is 0 Å². The molecule has 196 valence electrons. The van der Waals surface area contributed by atoms with E-state index in [1.54, 1.807) is 40.0 Å².